The van der Waals surface area contributed by atoms with E-state index in [4.69, 9.17) is 10.5 Å². The van der Waals surface area contributed by atoms with Gasteiger partial charge in [-0.25, -0.2) is 0 Å². The number of hydrogen-bond acceptors (Lipinski definition) is 3. The molecule has 0 saturated carbocycles. The first-order valence-electron chi connectivity index (χ1n) is 7.74. The van der Waals surface area contributed by atoms with Gasteiger partial charge in [-0.05, 0) is 62.3 Å². The van der Waals surface area contributed by atoms with Crippen molar-refractivity contribution in [3.8, 4) is 16.9 Å². The summed E-state index contributed by atoms with van der Waals surface area (Å²) in [5.41, 5.74) is 9.49. The van der Waals surface area contributed by atoms with E-state index >= 15 is 0 Å². The van der Waals surface area contributed by atoms with Crippen LogP contribution in [0.15, 0.2) is 48.5 Å². The molecule has 2 N–H and O–H groups in total. The molecule has 0 fully saturated rings. The molecule has 0 amide bonds. The highest BCUT2D eigenvalue weighted by Crippen LogP contribution is 2.23. The molecule has 1 unspecified atom stereocenters. The van der Waals surface area contributed by atoms with E-state index in [1.54, 1.807) is 7.11 Å². The van der Waals surface area contributed by atoms with Crippen LogP contribution < -0.4 is 10.5 Å². The Balaban J connectivity index is 2.08. The van der Waals surface area contributed by atoms with Gasteiger partial charge in [-0.1, -0.05) is 36.4 Å². The average molecular weight is 298 g/mol. The Labute approximate surface area is 133 Å². The zero-order chi connectivity index (χ0) is 15.9. The number of benzene rings is 2. The smallest absolute Gasteiger partial charge is 0.118 e. The minimum absolute atomic E-state index is 0.497. The predicted octanol–water partition coefficient (Wildman–Crippen LogP) is 3.18. The van der Waals surface area contributed by atoms with E-state index in [1.807, 2.05) is 12.1 Å². The van der Waals surface area contributed by atoms with Crippen LogP contribution in [-0.4, -0.2) is 38.7 Å². The molecular formula is C19H26N2O. The molecule has 0 aliphatic rings. The Hall–Kier alpha value is -1.84. The molecule has 1 atom stereocenters. The lowest BCUT2D eigenvalue weighted by atomic mass is 9.99. The molecular weight excluding hydrogens is 272 g/mol. The summed E-state index contributed by atoms with van der Waals surface area (Å²) in [6.07, 6.45) is 2.06. The topological polar surface area (TPSA) is 38.5 Å². The maximum absolute atomic E-state index is 5.71. The van der Waals surface area contributed by atoms with Crippen LogP contribution in [-0.2, 0) is 6.42 Å². The Kier molecular flexibility index (Phi) is 5.99. The standard InChI is InChI=1S/C19H26N2O/c1-21(2)18(12-13-20)14-15-4-6-16(7-5-15)17-8-10-19(22-3)11-9-17/h4-11,18H,12-14,20H2,1-3H3. The fourth-order valence-corrected chi connectivity index (χ4v) is 2.62. The minimum atomic E-state index is 0.497. The molecule has 0 saturated heterocycles. The molecule has 3 heteroatoms. The number of rotatable bonds is 7. The third kappa shape index (κ3) is 4.33. The van der Waals surface area contributed by atoms with Crippen molar-refractivity contribution in [3.63, 3.8) is 0 Å². The van der Waals surface area contributed by atoms with Crippen molar-refractivity contribution in [2.24, 2.45) is 5.73 Å². The van der Waals surface area contributed by atoms with Crippen molar-refractivity contribution in [1.82, 2.24) is 4.90 Å². The Morgan fingerprint density at radius 1 is 0.955 bits per heavy atom. The van der Waals surface area contributed by atoms with Crippen molar-refractivity contribution in [3.05, 3.63) is 54.1 Å². The van der Waals surface area contributed by atoms with Gasteiger partial charge < -0.3 is 15.4 Å². The third-order valence-corrected chi connectivity index (χ3v) is 4.08. The molecule has 0 radical (unpaired) electrons. The van der Waals surface area contributed by atoms with E-state index in [0.29, 0.717) is 6.04 Å². The van der Waals surface area contributed by atoms with Crippen LogP contribution in [0.2, 0.25) is 0 Å². The zero-order valence-electron chi connectivity index (χ0n) is 13.8. The van der Waals surface area contributed by atoms with E-state index in [2.05, 4.69) is 55.4 Å². The summed E-state index contributed by atoms with van der Waals surface area (Å²) in [4.78, 5) is 2.25. The monoisotopic (exact) mass is 298 g/mol. The van der Waals surface area contributed by atoms with Gasteiger partial charge in [0.05, 0.1) is 7.11 Å². The SMILES string of the molecule is COc1ccc(-c2ccc(CC(CCN)N(C)C)cc2)cc1. The normalized spacial score (nSPS) is 12.4. The van der Waals surface area contributed by atoms with Gasteiger partial charge in [-0.3, -0.25) is 0 Å². The lowest BCUT2D eigenvalue weighted by Crippen LogP contribution is -2.32. The van der Waals surface area contributed by atoms with E-state index < -0.39 is 0 Å². The highest BCUT2D eigenvalue weighted by atomic mass is 16.5. The van der Waals surface area contributed by atoms with Crippen molar-refractivity contribution < 1.29 is 4.74 Å². The summed E-state index contributed by atoms with van der Waals surface area (Å²) in [6, 6.07) is 17.5. The van der Waals surface area contributed by atoms with Crippen LogP contribution in [0.4, 0.5) is 0 Å². The summed E-state index contributed by atoms with van der Waals surface area (Å²) in [7, 11) is 5.92. The summed E-state index contributed by atoms with van der Waals surface area (Å²) in [5, 5.41) is 0. The lowest BCUT2D eigenvalue weighted by molar-refractivity contribution is 0.279. The number of ether oxygens (including phenoxy) is 1. The van der Waals surface area contributed by atoms with Gasteiger partial charge in [-0.15, -0.1) is 0 Å². The molecule has 22 heavy (non-hydrogen) atoms. The molecule has 0 aliphatic heterocycles. The first-order valence-corrected chi connectivity index (χ1v) is 7.74. The highest BCUT2D eigenvalue weighted by molar-refractivity contribution is 5.64. The van der Waals surface area contributed by atoms with Crippen molar-refractivity contribution >= 4 is 0 Å². The fraction of sp³-hybridized carbons (Fsp3) is 0.368. The lowest BCUT2D eigenvalue weighted by Gasteiger charge is -2.24. The van der Waals surface area contributed by atoms with Gasteiger partial charge in [0.1, 0.15) is 5.75 Å². The highest BCUT2D eigenvalue weighted by Gasteiger charge is 2.11. The summed E-state index contributed by atoms with van der Waals surface area (Å²) < 4.78 is 5.20. The van der Waals surface area contributed by atoms with Gasteiger partial charge >= 0.3 is 0 Å². The van der Waals surface area contributed by atoms with Crippen molar-refractivity contribution in [2.45, 2.75) is 18.9 Å². The van der Waals surface area contributed by atoms with Crippen LogP contribution in [0.5, 0.6) is 5.75 Å². The quantitative estimate of drug-likeness (QED) is 0.853. The van der Waals surface area contributed by atoms with E-state index in [9.17, 15) is 0 Å². The number of likely N-dealkylation sites (N-methyl/N-ethyl adjacent to an activating group) is 1. The summed E-state index contributed by atoms with van der Waals surface area (Å²) in [6.45, 7) is 0.729. The molecule has 0 aromatic heterocycles. The molecule has 0 spiro atoms. The largest absolute Gasteiger partial charge is 0.497 e. The predicted molar refractivity (Wildman–Crippen MR) is 93.3 cm³/mol. The Morgan fingerprint density at radius 2 is 1.50 bits per heavy atom. The van der Waals surface area contributed by atoms with Gasteiger partial charge in [-0.2, -0.15) is 0 Å². The Bertz CT molecular complexity index is 561. The zero-order valence-corrected chi connectivity index (χ0v) is 13.8. The van der Waals surface area contributed by atoms with Crippen LogP contribution in [0.1, 0.15) is 12.0 Å². The maximum Gasteiger partial charge on any atom is 0.118 e. The molecule has 0 heterocycles. The first-order chi connectivity index (χ1) is 10.6. The van der Waals surface area contributed by atoms with Crippen molar-refractivity contribution in [1.29, 1.82) is 0 Å². The Morgan fingerprint density at radius 3 is 1.95 bits per heavy atom. The number of nitrogens with two attached hydrogens (primary N) is 1. The minimum Gasteiger partial charge on any atom is -0.497 e. The summed E-state index contributed by atoms with van der Waals surface area (Å²) in [5.74, 6) is 0.885. The average Bonchev–Trinajstić information content (AvgIpc) is 2.55. The van der Waals surface area contributed by atoms with Gasteiger partial charge in [0.2, 0.25) is 0 Å². The van der Waals surface area contributed by atoms with Gasteiger partial charge in [0.25, 0.3) is 0 Å². The van der Waals surface area contributed by atoms with Crippen LogP contribution in [0, 0.1) is 0 Å². The van der Waals surface area contributed by atoms with E-state index in [0.717, 1.165) is 25.1 Å². The second-order valence-electron chi connectivity index (χ2n) is 5.82. The van der Waals surface area contributed by atoms with Crippen LogP contribution >= 0.6 is 0 Å². The number of nitrogens with zero attached hydrogens (tertiary/aromatic N) is 1. The third-order valence-electron chi connectivity index (χ3n) is 4.08. The van der Waals surface area contributed by atoms with Gasteiger partial charge in [0, 0.05) is 6.04 Å². The van der Waals surface area contributed by atoms with Crippen molar-refractivity contribution in [2.75, 3.05) is 27.7 Å². The van der Waals surface area contributed by atoms with Crippen LogP contribution in [0.3, 0.4) is 0 Å². The molecule has 2 aromatic rings. The second-order valence-corrected chi connectivity index (χ2v) is 5.82. The number of methoxy groups -OCH3 is 1. The van der Waals surface area contributed by atoms with E-state index in [1.165, 1.54) is 16.7 Å². The summed E-state index contributed by atoms with van der Waals surface area (Å²) >= 11 is 0. The molecule has 0 bridgehead atoms. The van der Waals surface area contributed by atoms with E-state index in [-0.39, 0.29) is 0 Å². The van der Waals surface area contributed by atoms with Gasteiger partial charge in [0.15, 0.2) is 0 Å². The molecule has 2 aromatic carbocycles. The van der Waals surface area contributed by atoms with Crippen LogP contribution in [0.25, 0.3) is 11.1 Å². The fourth-order valence-electron chi connectivity index (χ4n) is 2.62. The number of hydrogen-bond donors (Lipinski definition) is 1. The second kappa shape index (κ2) is 7.97. The molecule has 118 valence electrons. The first kappa shape index (κ1) is 16.5. The molecule has 2 rings (SSSR count). The molecule has 3 nitrogen and oxygen atoms in total. The maximum atomic E-state index is 5.71. The molecule has 0 aliphatic carbocycles.